The first-order valence-corrected chi connectivity index (χ1v) is 4.91. The van der Waals surface area contributed by atoms with Crippen molar-refractivity contribution >= 4 is 17.4 Å². The number of hydrogen-bond donors (Lipinski definition) is 0. The van der Waals surface area contributed by atoms with Crippen LogP contribution < -0.4 is 0 Å². The van der Waals surface area contributed by atoms with Crippen molar-refractivity contribution in [3.8, 4) is 0 Å². The Morgan fingerprint density at radius 1 is 1.50 bits per heavy atom. The SMILES string of the molecule is CC(=O)c1nc2n(c1Cl)CCN(C)C2. The number of carbonyl (C=O) groups is 1. The van der Waals surface area contributed by atoms with Crippen LogP contribution in [0.3, 0.4) is 0 Å². The van der Waals surface area contributed by atoms with Crippen LogP contribution in [0.4, 0.5) is 0 Å². The van der Waals surface area contributed by atoms with Crippen LogP contribution in [-0.4, -0.2) is 33.8 Å². The molecule has 1 aromatic heterocycles. The van der Waals surface area contributed by atoms with E-state index in [-0.39, 0.29) is 5.78 Å². The molecule has 0 aromatic carbocycles. The van der Waals surface area contributed by atoms with Crippen LogP contribution >= 0.6 is 11.6 Å². The zero-order valence-electron chi connectivity index (χ0n) is 8.25. The summed E-state index contributed by atoms with van der Waals surface area (Å²) in [5, 5.41) is 0.487. The molecule has 0 N–H and O–H groups in total. The van der Waals surface area contributed by atoms with Crippen molar-refractivity contribution in [3.63, 3.8) is 0 Å². The average molecular weight is 214 g/mol. The first kappa shape index (κ1) is 9.68. The zero-order chi connectivity index (χ0) is 10.3. The quantitative estimate of drug-likeness (QED) is 0.658. The normalized spacial score (nSPS) is 16.8. The number of rotatable bonds is 1. The molecular formula is C9H12ClN3O. The molecule has 1 aromatic rings. The number of Topliss-reactive ketones (excluding diaryl/α,β-unsaturated/α-hetero) is 1. The first-order valence-electron chi connectivity index (χ1n) is 4.54. The van der Waals surface area contributed by atoms with Gasteiger partial charge in [-0.05, 0) is 7.05 Å². The van der Waals surface area contributed by atoms with Crippen LogP contribution in [0.1, 0.15) is 23.2 Å². The van der Waals surface area contributed by atoms with Crippen LogP contribution in [0.5, 0.6) is 0 Å². The molecule has 0 fully saturated rings. The summed E-state index contributed by atoms with van der Waals surface area (Å²) >= 11 is 6.05. The van der Waals surface area contributed by atoms with Gasteiger partial charge in [-0.2, -0.15) is 0 Å². The second-order valence-electron chi connectivity index (χ2n) is 3.61. The molecule has 0 aliphatic carbocycles. The maximum atomic E-state index is 11.2. The highest BCUT2D eigenvalue weighted by atomic mass is 35.5. The average Bonchev–Trinajstić information content (AvgIpc) is 2.43. The molecule has 0 saturated carbocycles. The Morgan fingerprint density at radius 3 is 2.86 bits per heavy atom. The van der Waals surface area contributed by atoms with E-state index in [1.54, 1.807) is 0 Å². The maximum absolute atomic E-state index is 11.2. The minimum absolute atomic E-state index is 0.0699. The molecule has 0 spiro atoms. The van der Waals surface area contributed by atoms with Gasteiger partial charge in [0.2, 0.25) is 0 Å². The van der Waals surface area contributed by atoms with E-state index >= 15 is 0 Å². The lowest BCUT2D eigenvalue weighted by molar-refractivity contribution is 0.101. The van der Waals surface area contributed by atoms with Gasteiger partial charge in [0.25, 0.3) is 0 Å². The first-order chi connectivity index (χ1) is 6.59. The highest BCUT2D eigenvalue weighted by molar-refractivity contribution is 6.32. The Morgan fingerprint density at radius 2 is 2.21 bits per heavy atom. The summed E-state index contributed by atoms with van der Waals surface area (Å²) in [5.41, 5.74) is 0.400. The van der Waals surface area contributed by atoms with Gasteiger partial charge in [0.1, 0.15) is 16.7 Å². The van der Waals surface area contributed by atoms with Gasteiger partial charge >= 0.3 is 0 Å². The summed E-state index contributed by atoms with van der Waals surface area (Å²) in [6.07, 6.45) is 0. The molecule has 0 saturated heterocycles. The van der Waals surface area contributed by atoms with E-state index in [1.165, 1.54) is 6.92 Å². The smallest absolute Gasteiger partial charge is 0.181 e. The number of nitrogens with zero attached hydrogens (tertiary/aromatic N) is 3. The van der Waals surface area contributed by atoms with Crippen LogP contribution in [0.25, 0.3) is 0 Å². The van der Waals surface area contributed by atoms with Crippen LogP contribution in [0.15, 0.2) is 0 Å². The second-order valence-corrected chi connectivity index (χ2v) is 3.97. The molecule has 0 radical (unpaired) electrons. The largest absolute Gasteiger partial charge is 0.316 e. The van der Waals surface area contributed by atoms with Gasteiger partial charge in [-0.15, -0.1) is 0 Å². The fraction of sp³-hybridized carbons (Fsp3) is 0.556. The molecule has 2 heterocycles. The number of ketones is 1. The Kier molecular flexibility index (Phi) is 2.33. The molecule has 0 atom stereocenters. The fourth-order valence-electron chi connectivity index (χ4n) is 1.64. The number of carbonyl (C=O) groups excluding carboxylic acids is 1. The molecule has 14 heavy (non-hydrogen) atoms. The predicted octanol–water partition coefficient (Wildman–Crippen LogP) is 1.18. The number of halogens is 1. The van der Waals surface area contributed by atoms with Crippen molar-refractivity contribution in [1.29, 1.82) is 0 Å². The van der Waals surface area contributed by atoms with Gasteiger partial charge in [-0.3, -0.25) is 9.69 Å². The van der Waals surface area contributed by atoms with Crippen molar-refractivity contribution in [2.45, 2.75) is 20.0 Å². The summed E-state index contributed by atoms with van der Waals surface area (Å²) in [6.45, 7) is 4.00. The molecule has 5 heteroatoms. The third kappa shape index (κ3) is 1.44. The number of fused-ring (bicyclic) bond motifs is 1. The molecule has 0 amide bonds. The van der Waals surface area contributed by atoms with Crippen molar-refractivity contribution in [1.82, 2.24) is 14.5 Å². The van der Waals surface area contributed by atoms with Gasteiger partial charge in [0.15, 0.2) is 5.78 Å². The Labute approximate surface area is 87.5 Å². The molecule has 0 unspecified atom stereocenters. The van der Waals surface area contributed by atoms with Gasteiger partial charge in [0.05, 0.1) is 6.54 Å². The third-order valence-corrected chi connectivity index (χ3v) is 2.82. The van der Waals surface area contributed by atoms with Crippen molar-refractivity contribution in [2.75, 3.05) is 13.6 Å². The Hall–Kier alpha value is -0.870. The lowest BCUT2D eigenvalue weighted by Gasteiger charge is -2.23. The minimum atomic E-state index is -0.0699. The summed E-state index contributed by atoms with van der Waals surface area (Å²) in [5.74, 6) is 0.813. The molecular weight excluding hydrogens is 202 g/mol. The highest BCUT2D eigenvalue weighted by Crippen LogP contribution is 2.22. The van der Waals surface area contributed by atoms with Gasteiger partial charge in [0, 0.05) is 20.0 Å². The molecule has 0 bridgehead atoms. The summed E-state index contributed by atoms with van der Waals surface area (Å²) in [6, 6.07) is 0. The van der Waals surface area contributed by atoms with E-state index in [0.29, 0.717) is 10.8 Å². The van der Waals surface area contributed by atoms with Gasteiger partial charge < -0.3 is 4.57 Å². The lowest BCUT2D eigenvalue weighted by Crippen LogP contribution is -2.30. The maximum Gasteiger partial charge on any atom is 0.181 e. The van der Waals surface area contributed by atoms with E-state index in [1.807, 2.05) is 11.6 Å². The van der Waals surface area contributed by atoms with E-state index in [0.717, 1.165) is 25.5 Å². The standard InChI is InChI=1S/C9H12ClN3O/c1-6(14)8-9(10)13-4-3-12(2)5-7(13)11-8/h3-5H2,1-2H3. The third-order valence-electron chi connectivity index (χ3n) is 2.43. The number of likely N-dealkylation sites (N-methyl/N-ethyl adjacent to an activating group) is 1. The van der Waals surface area contributed by atoms with E-state index in [9.17, 15) is 4.79 Å². The molecule has 76 valence electrons. The summed E-state index contributed by atoms with van der Waals surface area (Å²) in [4.78, 5) is 17.6. The Bertz CT molecular complexity index is 386. The minimum Gasteiger partial charge on any atom is -0.316 e. The van der Waals surface area contributed by atoms with Crippen LogP contribution in [0.2, 0.25) is 5.15 Å². The van der Waals surface area contributed by atoms with Crippen molar-refractivity contribution < 1.29 is 4.79 Å². The van der Waals surface area contributed by atoms with Crippen molar-refractivity contribution in [3.05, 3.63) is 16.7 Å². The van der Waals surface area contributed by atoms with Gasteiger partial charge in [-0.25, -0.2) is 4.98 Å². The predicted molar refractivity (Wildman–Crippen MR) is 53.6 cm³/mol. The lowest BCUT2D eigenvalue weighted by atomic mass is 10.3. The topological polar surface area (TPSA) is 38.1 Å². The van der Waals surface area contributed by atoms with Crippen molar-refractivity contribution in [2.24, 2.45) is 0 Å². The Balaban J connectivity index is 2.45. The zero-order valence-corrected chi connectivity index (χ0v) is 9.01. The van der Waals surface area contributed by atoms with Gasteiger partial charge in [-0.1, -0.05) is 11.6 Å². The highest BCUT2D eigenvalue weighted by Gasteiger charge is 2.22. The summed E-state index contributed by atoms with van der Waals surface area (Å²) < 4.78 is 1.91. The molecule has 4 nitrogen and oxygen atoms in total. The number of aromatic nitrogens is 2. The fourth-order valence-corrected chi connectivity index (χ4v) is 2.00. The number of imidazole rings is 1. The monoisotopic (exact) mass is 213 g/mol. The van der Waals surface area contributed by atoms with Crippen LogP contribution in [0, 0.1) is 0 Å². The van der Waals surface area contributed by atoms with E-state index < -0.39 is 0 Å². The number of hydrogen-bond acceptors (Lipinski definition) is 3. The molecule has 1 aliphatic heterocycles. The van der Waals surface area contributed by atoms with Crippen LogP contribution in [-0.2, 0) is 13.1 Å². The summed E-state index contributed by atoms with van der Waals surface area (Å²) in [7, 11) is 2.03. The van der Waals surface area contributed by atoms with E-state index in [2.05, 4.69) is 9.88 Å². The molecule has 2 rings (SSSR count). The second kappa shape index (κ2) is 3.37. The van der Waals surface area contributed by atoms with E-state index in [4.69, 9.17) is 11.6 Å². The molecule has 1 aliphatic rings.